The highest BCUT2D eigenvalue weighted by Gasteiger charge is 2.29. The monoisotopic (exact) mass is 326 g/mol. The van der Waals surface area contributed by atoms with Crippen molar-refractivity contribution in [3.63, 3.8) is 0 Å². The average molecular weight is 326 g/mol. The first-order chi connectivity index (χ1) is 12.1. The van der Waals surface area contributed by atoms with Crippen LogP contribution in [0.15, 0.2) is 55.0 Å². The van der Waals surface area contributed by atoms with Gasteiger partial charge in [-0.15, -0.1) is 0 Å². The van der Waals surface area contributed by atoms with Crippen LogP contribution >= 0.6 is 0 Å². The topological polar surface area (TPSA) is 21.7 Å². The summed E-state index contributed by atoms with van der Waals surface area (Å²) in [6, 6.07) is 13.2. The quantitative estimate of drug-likeness (QED) is 0.426. The Morgan fingerprint density at radius 3 is 2.64 bits per heavy atom. The van der Waals surface area contributed by atoms with Crippen LogP contribution < -0.4 is 4.57 Å². The van der Waals surface area contributed by atoms with Crippen molar-refractivity contribution in [1.29, 1.82) is 0 Å². The third kappa shape index (κ3) is 1.92. The van der Waals surface area contributed by atoms with E-state index >= 15 is 0 Å². The first-order valence-electron chi connectivity index (χ1n) is 8.68. The normalized spacial score (nSPS) is 12.4. The lowest BCUT2D eigenvalue weighted by molar-refractivity contribution is -0.660. The second-order valence-corrected chi connectivity index (χ2v) is 6.97. The number of pyridine rings is 1. The molecule has 0 N–H and O–H groups in total. The van der Waals surface area contributed by atoms with Gasteiger partial charge in [0.25, 0.3) is 0 Å². The summed E-state index contributed by atoms with van der Waals surface area (Å²) in [5.74, 6) is 1.13. The SMILES string of the molecule is Cc1ccc(-c2c3c(c4ccccc4c2C)-n2ccnc2C3)[n+](C)c1. The summed E-state index contributed by atoms with van der Waals surface area (Å²) in [4.78, 5) is 4.58. The summed E-state index contributed by atoms with van der Waals surface area (Å²) < 4.78 is 4.50. The van der Waals surface area contributed by atoms with E-state index in [1.165, 1.54) is 44.4 Å². The molecule has 3 nitrogen and oxygen atoms in total. The van der Waals surface area contributed by atoms with Gasteiger partial charge in [0.15, 0.2) is 6.20 Å². The van der Waals surface area contributed by atoms with Gasteiger partial charge < -0.3 is 4.57 Å². The molecule has 1 aliphatic heterocycles. The van der Waals surface area contributed by atoms with E-state index in [9.17, 15) is 0 Å². The van der Waals surface area contributed by atoms with Gasteiger partial charge in [0.2, 0.25) is 5.69 Å². The smallest absolute Gasteiger partial charge is 0.212 e. The Labute approximate surface area is 147 Å². The Hall–Kier alpha value is -2.94. The van der Waals surface area contributed by atoms with E-state index in [2.05, 4.69) is 83.8 Å². The number of aryl methyl sites for hydroxylation is 3. The molecule has 0 bridgehead atoms. The van der Waals surface area contributed by atoms with E-state index in [1.54, 1.807) is 0 Å². The largest absolute Gasteiger partial charge is 0.303 e. The molecule has 0 atom stereocenters. The van der Waals surface area contributed by atoms with Crippen LogP contribution in [-0.2, 0) is 13.5 Å². The highest BCUT2D eigenvalue weighted by atomic mass is 15.1. The Morgan fingerprint density at radius 2 is 1.84 bits per heavy atom. The third-order valence-corrected chi connectivity index (χ3v) is 5.38. The van der Waals surface area contributed by atoms with Gasteiger partial charge in [-0.2, -0.15) is 0 Å². The van der Waals surface area contributed by atoms with Crippen LogP contribution in [0.5, 0.6) is 0 Å². The number of benzene rings is 2. The molecule has 3 heterocycles. The van der Waals surface area contributed by atoms with Crippen LogP contribution in [0.2, 0.25) is 0 Å². The molecular weight excluding hydrogens is 306 g/mol. The van der Waals surface area contributed by atoms with Crippen LogP contribution in [0, 0.1) is 13.8 Å². The Balaban J connectivity index is 1.95. The van der Waals surface area contributed by atoms with Crippen molar-refractivity contribution in [2.75, 3.05) is 0 Å². The zero-order valence-corrected chi connectivity index (χ0v) is 14.7. The Bertz CT molecular complexity index is 1150. The molecule has 0 saturated carbocycles. The van der Waals surface area contributed by atoms with Crippen molar-refractivity contribution in [1.82, 2.24) is 9.55 Å². The van der Waals surface area contributed by atoms with Crippen molar-refractivity contribution < 1.29 is 4.57 Å². The van der Waals surface area contributed by atoms with E-state index < -0.39 is 0 Å². The Morgan fingerprint density at radius 1 is 1.04 bits per heavy atom. The zero-order chi connectivity index (χ0) is 17.1. The predicted octanol–water partition coefficient (Wildman–Crippen LogP) is 4.04. The molecule has 0 aliphatic carbocycles. The van der Waals surface area contributed by atoms with E-state index in [1.807, 2.05) is 6.20 Å². The number of hydrogen-bond acceptors (Lipinski definition) is 1. The van der Waals surface area contributed by atoms with Gasteiger partial charge in [0, 0.05) is 35.8 Å². The molecule has 0 unspecified atom stereocenters. The van der Waals surface area contributed by atoms with E-state index in [0.717, 1.165) is 12.2 Å². The van der Waals surface area contributed by atoms with Crippen molar-refractivity contribution in [2.45, 2.75) is 20.3 Å². The molecule has 0 saturated heterocycles. The molecule has 0 amide bonds. The number of rotatable bonds is 1. The fourth-order valence-corrected chi connectivity index (χ4v) is 4.29. The van der Waals surface area contributed by atoms with Gasteiger partial charge in [0.1, 0.15) is 12.9 Å². The lowest BCUT2D eigenvalue weighted by atomic mass is 9.90. The molecule has 5 rings (SSSR count). The van der Waals surface area contributed by atoms with Crippen LogP contribution in [-0.4, -0.2) is 9.55 Å². The molecular formula is C22H20N3+. The van der Waals surface area contributed by atoms with Crippen molar-refractivity contribution >= 4 is 10.8 Å². The molecule has 0 fully saturated rings. The summed E-state index contributed by atoms with van der Waals surface area (Å²) >= 11 is 0. The van der Waals surface area contributed by atoms with Crippen LogP contribution in [0.4, 0.5) is 0 Å². The van der Waals surface area contributed by atoms with Crippen LogP contribution in [0.3, 0.4) is 0 Å². The minimum Gasteiger partial charge on any atom is -0.303 e. The molecule has 25 heavy (non-hydrogen) atoms. The maximum absolute atomic E-state index is 4.58. The molecule has 3 heteroatoms. The first kappa shape index (κ1) is 14.4. The minimum atomic E-state index is 0.886. The minimum absolute atomic E-state index is 0.886. The van der Waals surface area contributed by atoms with E-state index in [-0.39, 0.29) is 0 Å². The average Bonchev–Trinajstić information content (AvgIpc) is 3.17. The second kappa shape index (κ2) is 5.03. The van der Waals surface area contributed by atoms with Gasteiger partial charge in [-0.05, 0) is 36.4 Å². The van der Waals surface area contributed by atoms with E-state index in [4.69, 9.17) is 0 Å². The third-order valence-electron chi connectivity index (χ3n) is 5.38. The van der Waals surface area contributed by atoms with Crippen LogP contribution in [0.25, 0.3) is 27.7 Å². The molecule has 1 aliphatic rings. The fourth-order valence-electron chi connectivity index (χ4n) is 4.29. The second-order valence-electron chi connectivity index (χ2n) is 6.97. The maximum Gasteiger partial charge on any atom is 0.212 e. The van der Waals surface area contributed by atoms with Gasteiger partial charge in [-0.25, -0.2) is 9.55 Å². The van der Waals surface area contributed by atoms with Crippen LogP contribution in [0.1, 0.15) is 22.5 Å². The lowest BCUT2D eigenvalue weighted by Crippen LogP contribution is -2.31. The summed E-state index contributed by atoms with van der Waals surface area (Å²) in [5.41, 5.74) is 7.91. The fraction of sp³-hybridized carbons (Fsp3) is 0.182. The summed E-state index contributed by atoms with van der Waals surface area (Å²) in [6.07, 6.45) is 7.07. The van der Waals surface area contributed by atoms with Gasteiger partial charge in [0.05, 0.1) is 11.3 Å². The van der Waals surface area contributed by atoms with Gasteiger partial charge in [-0.1, -0.05) is 24.3 Å². The zero-order valence-electron chi connectivity index (χ0n) is 14.7. The number of hydrogen-bond donors (Lipinski definition) is 0. The lowest BCUT2D eigenvalue weighted by Gasteiger charge is -2.16. The van der Waals surface area contributed by atoms with Crippen molar-refractivity contribution in [3.05, 3.63) is 77.5 Å². The number of imidazole rings is 1. The Kier molecular flexibility index (Phi) is 2.90. The molecule has 0 radical (unpaired) electrons. The van der Waals surface area contributed by atoms with Crippen molar-refractivity contribution in [3.8, 4) is 16.9 Å². The van der Waals surface area contributed by atoms with Gasteiger partial charge in [-0.3, -0.25) is 0 Å². The molecule has 4 aromatic rings. The molecule has 2 aromatic carbocycles. The number of aromatic nitrogens is 3. The predicted molar refractivity (Wildman–Crippen MR) is 100.0 cm³/mol. The van der Waals surface area contributed by atoms with E-state index in [0.29, 0.717) is 0 Å². The molecule has 122 valence electrons. The first-order valence-corrected chi connectivity index (χ1v) is 8.68. The molecule has 2 aromatic heterocycles. The maximum atomic E-state index is 4.58. The summed E-state index contributed by atoms with van der Waals surface area (Å²) in [7, 11) is 2.14. The summed E-state index contributed by atoms with van der Waals surface area (Å²) in [5, 5.41) is 2.63. The highest BCUT2D eigenvalue weighted by Crippen LogP contribution is 2.42. The highest BCUT2D eigenvalue weighted by molar-refractivity contribution is 6.00. The number of fused-ring (bicyclic) bond motifs is 5. The summed E-state index contributed by atoms with van der Waals surface area (Å²) in [6.45, 7) is 4.38. The standard InChI is InChI=1S/C22H20N3/c1-14-8-9-19(24(3)13-14)21-15(2)16-6-4-5-7-17(16)22-18(21)12-20-23-10-11-25(20)22/h4-11,13H,12H2,1-3H3/q+1. The molecule has 0 spiro atoms. The number of nitrogens with zero attached hydrogens (tertiary/aromatic N) is 3. The van der Waals surface area contributed by atoms with Gasteiger partial charge >= 0.3 is 0 Å². The van der Waals surface area contributed by atoms with Crippen molar-refractivity contribution in [2.24, 2.45) is 7.05 Å².